The zero-order valence-corrected chi connectivity index (χ0v) is 14.8. The molecule has 1 aromatic heterocycles. The largest absolute Gasteiger partial charge is 0.370 e. The number of hydrogen-bond donors (Lipinski definition) is 1. The summed E-state index contributed by atoms with van der Waals surface area (Å²) in [6.07, 6.45) is 1.74. The minimum atomic E-state index is -0.316. The highest BCUT2D eigenvalue weighted by molar-refractivity contribution is 5.93. The standard InChI is InChI=1S/C20H21N3O4/c24-18-8-4-5-9-22(18)13-19(25)23-11-15-10-16(17(12-23)27-15)20(26)21-14-6-2-1-3-7-14/h1-9,15-17H,10-13H2,(H,21,26). The molecule has 3 atom stereocenters. The van der Waals surface area contributed by atoms with Gasteiger partial charge in [-0.2, -0.15) is 0 Å². The SMILES string of the molecule is O=C(Nc1ccccc1)C1CC2CN(C(=O)Cn3ccccc3=O)CC1O2. The van der Waals surface area contributed by atoms with Crippen LogP contribution in [-0.4, -0.2) is 46.6 Å². The van der Waals surface area contributed by atoms with Gasteiger partial charge in [0.25, 0.3) is 5.56 Å². The number of rotatable bonds is 4. The number of pyridine rings is 1. The molecular weight excluding hydrogens is 346 g/mol. The average molecular weight is 367 g/mol. The Morgan fingerprint density at radius 1 is 1.07 bits per heavy atom. The van der Waals surface area contributed by atoms with Crippen LogP contribution in [0.3, 0.4) is 0 Å². The highest BCUT2D eigenvalue weighted by atomic mass is 16.5. The lowest BCUT2D eigenvalue weighted by Crippen LogP contribution is -2.48. The number of benzene rings is 1. The highest BCUT2D eigenvalue weighted by Crippen LogP contribution is 2.33. The Morgan fingerprint density at radius 3 is 2.63 bits per heavy atom. The van der Waals surface area contributed by atoms with Crippen molar-refractivity contribution in [1.82, 2.24) is 9.47 Å². The summed E-state index contributed by atoms with van der Waals surface area (Å²) in [5, 5.41) is 2.92. The van der Waals surface area contributed by atoms with E-state index in [1.54, 1.807) is 23.2 Å². The Balaban J connectivity index is 1.40. The number of fused-ring (bicyclic) bond motifs is 2. The molecule has 2 bridgehead atoms. The third-order valence-electron chi connectivity index (χ3n) is 5.09. The van der Waals surface area contributed by atoms with Crippen molar-refractivity contribution in [3.63, 3.8) is 0 Å². The Kier molecular flexibility index (Phi) is 4.77. The van der Waals surface area contributed by atoms with Crippen LogP contribution in [0.4, 0.5) is 5.69 Å². The predicted molar refractivity (Wildman–Crippen MR) is 99.1 cm³/mol. The van der Waals surface area contributed by atoms with Crippen LogP contribution in [0.2, 0.25) is 0 Å². The van der Waals surface area contributed by atoms with E-state index in [-0.39, 0.29) is 42.0 Å². The Morgan fingerprint density at radius 2 is 1.85 bits per heavy atom. The van der Waals surface area contributed by atoms with Gasteiger partial charge < -0.3 is 19.5 Å². The van der Waals surface area contributed by atoms with Gasteiger partial charge in [-0.25, -0.2) is 0 Å². The van der Waals surface area contributed by atoms with Gasteiger partial charge in [-0.15, -0.1) is 0 Å². The van der Waals surface area contributed by atoms with Gasteiger partial charge in [0.1, 0.15) is 6.54 Å². The number of nitrogens with one attached hydrogen (secondary N) is 1. The number of carbonyl (C=O) groups is 2. The zero-order valence-electron chi connectivity index (χ0n) is 14.8. The second kappa shape index (κ2) is 7.36. The van der Waals surface area contributed by atoms with Crippen molar-refractivity contribution in [2.75, 3.05) is 18.4 Å². The first kappa shape index (κ1) is 17.5. The zero-order chi connectivity index (χ0) is 18.8. The minimum absolute atomic E-state index is 0.00000816. The van der Waals surface area contributed by atoms with Gasteiger partial charge in [-0.3, -0.25) is 14.4 Å². The van der Waals surface area contributed by atoms with Crippen LogP contribution < -0.4 is 10.9 Å². The molecule has 0 radical (unpaired) electrons. The molecule has 7 heteroatoms. The summed E-state index contributed by atoms with van der Waals surface area (Å²) in [6, 6.07) is 14.1. The molecule has 7 nitrogen and oxygen atoms in total. The van der Waals surface area contributed by atoms with Gasteiger partial charge in [0.05, 0.1) is 18.1 Å². The minimum Gasteiger partial charge on any atom is -0.370 e. The van der Waals surface area contributed by atoms with Gasteiger partial charge in [0.2, 0.25) is 11.8 Å². The van der Waals surface area contributed by atoms with Crippen molar-refractivity contribution in [1.29, 1.82) is 0 Å². The number of carbonyl (C=O) groups excluding carboxylic acids is 2. The molecule has 2 fully saturated rings. The number of morpholine rings is 1. The summed E-state index contributed by atoms with van der Waals surface area (Å²) < 4.78 is 7.29. The molecule has 2 aliphatic rings. The van der Waals surface area contributed by atoms with Gasteiger partial charge >= 0.3 is 0 Å². The number of anilines is 1. The topological polar surface area (TPSA) is 80.6 Å². The van der Waals surface area contributed by atoms with Crippen LogP contribution in [0, 0.1) is 5.92 Å². The molecule has 2 amide bonds. The fourth-order valence-electron chi connectivity index (χ4n) is 3.73. The summed E-state index contributed by atoms with van der Waals surface area (Å²) in [4.78, 5) is 38.8. The molecule has 2 saturated heterocycles. The average Bonchev–Trinajstić information content (AvgIpc) is 2.98. The molecule has 0 saturated carbocycles. The maximum Gasteiger partial charge on any atom is 0.250 e. The van der Waals surface area contributed by atoms with Gasteiger partial charge in [-0.05, 0) is 24.6 Å². The number of amides is 2. The molecule has 0 aliphatic carbocycles. The molecule has 3 unspecified atom stereocenters. The van der Waals surface area contributed by atoms with E-state index < -0.39 is 0 Å². The summed E-state index contributed by atoms with van der Waals surface area (Å²) in [5.74, 6) is -0.500. The molecule has 1 N–H and O–H groups in total. The summed E-state index contributed by atoms with van der Waals surface area (Å²) in [6.45, 7) is 0.815. The molecule has 3 heterocycles. The fraction of sp³-hybridized carbons (Fsp3) is 0.350. The Hall–Kier alpha value is -2.93. The third-order valence-corrected chi connectivity index (χ3v) is 5.09. The van der Waals surface area contributed by atoms with Crippen LogP contribution in [0.25, 0.3) is 0 Å². The van der Waals surface area contributed by atoms with E-state index >= 15 is 0 Å². The lowest BCUT2D eigenvalue weighted by molar-refractivity contribution is -0.142. The van der Waals surface area contributed by atoms with Crippen molar-refractivity contribution in [3.8, 4) is 0 Å². The van der Waals surface area contributed by atoms with E-state index in [0.29, 0.717) is 19.5 Å². The second-order valence-corrected chi connectivity index (χ2v) is 6.96. The monoisotopic (exact) mass is 367 g/mol. The molecule has 2 aromatic rings. The van der Waals surface area contributed by atoms with Crippen molar-refractivity contribution in [2.24, 2.45) is 5.92 Å². The summed E-state index contributed by atoms with van der Waals surface area (Å²) in [5.41, 5.74) is 0.544. The van der Waals surface area contributed by atoms with Gasteiger partial charge in [-0.1, -0.05) is 24.3 Å². The van der Waals surface area contributed by atoms with E-state index in [1.165, 1.54) is 10.6 Å². The Labute approximate surface area is 156 Å². The molecule has 4 rings (SSSR count). The molecule has 27 heavy (non-hydrogen) atoms. The lowest BCUT2D eigenvalue weighted by atomic mass is 9.99. The van der Waals surface area contributed by atoms with Crippen LogP contribution in [0.15, 0.2) is 59.5 Å². The molecule has 1 aromatic carbocycles. The Bertz CT molecular complexity index is 895. The smallest absolute Gasteiger partial charge is 0.250 e. The summed E-state index contributed by atoms with van der Waals surface area (Å²) >= 11 is 0. The fourth-order valence-corrected chi connectivity index (χ4v) is 3.73. The van der Waals surface area contributed by atoms with E-state index in [1.807, 2.05) is 30.3 Å². The van der Waals surface area contributed by atoms with Crippen LogP contribution >= 0.6 is 0 Å². The number of likely N-dealkylation sites (tertiary alicyclic amines) is 1. The van der Waals surface area contributed by atoms with Crippen molar-refractivity contribution < 1.29 is 14.3 Å². The van der Waals surface area contributed by atoms with Crippen LogP contribution in [0.1, 0.15) is 6.42 Å². The molecular formula is C20H21N3O4. The predicted octanol–water partition coefficient (Wildman–Crippen LogP) is 1.10. The number of para-hydroxylation sites is 1. The van der Waals surface area contributed by atoms with Crippen molar-refractivity contribution in [3.05, 3.63) is 65.1 Å². The maximum absolute atomic E-state index is 12.6. The first-order valence-electron chi connectivity index (χ1n) is 9.05. The first-order valence-corrected chi connectivity index (χ1v) is 9.05. The molecule has 140 valence electrons. The van der Waals surface area contributed by atoms with Crippen molar-refractivity contribution in [2.45, 2.75) is 25.2 Å². The van der Waals surface area contributed by atoms with Gasteiger partial charge in [0.15, 0.2) is 0 Å². The van der Waals surface area contributed by atoms with Crippen LogP contribution in [-0.2, 0) is 20.9 Å². The van der Waals surface area contributed by atoms with E-state index in [4.69, 9.17) is 4.74 Å². The third kappa shape index (κ3) is 3.78. The normalized spacial score (nSPS) is 23.9. The second-order valence-electron chi connectivity index (χ2n) is 6.96. The number of ether oxygens (including phenoxy) is 1. The molecule has 0 spiro atoms. The van der Waals surface area contributed by atoms with E-state index in [2.05, 4.69) is 5.32 Å². The molecule has 2 aliphatic heterocycles. The van der Waals surface area contributed by atoms with Crippen molar-refractivity contribution >= 4 is 17.5 Å². The van der Waals surface area contributed by atoms with Crippen LogP contribution in [0.5, 0.6) is 0 Å². The number of hydrogen-bond acceptors (Lipinski definition) is 4. The van der Waals surface area contributed by atoms with Gasteiger partial charge in [0, 0.05) is 31.0 Å². The van der Waals surface area contributed by atoms with E-state index in [0.717, 1.165) is 5.69 Å². The van der Waals surface area contributed by atoms with E-state index in [9.17, 15) is 14.4 Å². The first-order chi connectivity index (χ1) is 13.1. The number of nitrogens with zero attached hydrogens (tertiary/aromatic N) is 2. The maximum atomic E-state index is 12.6. The highest BCUT2D eigenvalue weighted by Gasteiger charge is 2.45. The summed E-state index contributed by atoms with van der Waals surface area (Å²) in [7, 11) is 0. The number of aromatic nitrogens is 1. The lowest BCUT2D eigenvalue weighted by Gasteiger charge is -2.33. The quantitative estimate of drug-likeness (QED) is 0.878.